The zero-order valence-electron chi connectivity index (χ0n) is 8.16. The van der Waals surface area contributed by atoms with Gasteiger partial charge in [0.25, 0.3) is 0 Å². The molecule has 2 unspecified atom stereocenters. The smallest absolute Gasteiger partial charge is 0.127 e. The third kappa shape index (κ3) is 1.76. The van der Waals surface area contributed by atoms with Gasteiger partial charge in [-0.2, -0.15) is 0 Å². The van der Waals surface area contributed by atoms with E-state index >= 15 is 0 Å². The van der Waals surface area contributed by atoms with Crippen LogP contribution in [0.3, 0.4) is 0 Å². The highest BCUT2D eigenvalue weighted by Crippen LogP contribution is 2.34. The molecule has 0 heterocycles. The highest BCUT2D eigenvalue weighted by atomic mass is 79.9. The van der Waals surface area contributed by atoms with Crippen molar-refractivity contribution in [1.82, 2.24) is 0 Å². The van der Waals surface area contributed by atoms with E-state index in [1.54, 1.807) is 0 Å². The molecule has 1 aliphatic rings. The number of hydrogen-bond donors (Lipinski definition) is 0. The molecule has 1 aromatic rings. The quantitative estimate of drug-likeness (QED) is 0.702. The SMILES string of the molecule is CC1Cc2ccc(Br)cc2C(C=O)C1. The fourth-order valence-corrected chi connectivity index (χ4v) is 2.62. The molecule has 0 bridgehead atoms. The molecule has 1 nitrogen and oxygen atoms in total. The van der Waals surface area contributed by atoms with Crippen molar-refractivity contribution in [3.8, 4) is 0 Å². The van der Waals surface area contributed by atoms with Crippen LogP contribution in [0.1, 0.15) is 30.4 Å². The van der Waals surface area contributed by atoms with E-state index in [1.165, 1.54) is 11.1 Å². The molecule has 2 atom stereocenters. The Labute approximate surface area is 92.6 Å². The van der Waals surface area contributed by atoms with Gasteiger partial charge in [-0.15, -0.1) is 0 Å². The Morgan fingerprint density at radius 2 is 2.29 bits per heavy atom. The van der Waals surface area contributed by atoms with E-state index < -0.39 is 0 Å². The van der Waals surface area contributed by atoms with Gasteiger partial charge >= 0.3 is 0 Å². The Bertz CT molecular complexity index is 359. The fraction of sp³-hybridized carbons (Fsp3) is 0.417. The van der Waals surface area contributed by atoms with Crippen LogP contribution in [0.2, 0.25) is 0 Å². The number of fused-ring (bicyclic) bond motifs is 1. The van der Waals surface area contributed by atoms with Crippen molar-refractivity contribution >= 4 is 22.2 Å². The van der Waals surface area contributed by atoms with Crippen LogP contribution < -0.4 is 0 Å². The zero-order chi connectivity index (χ0) is 10.1. The van der Waals surface area contributed by atoms with Crippen molar-refractivity contribution in [3.05, 3.63) is 33.8 Å². The van der Waals surface area contributed by atoms with E-state index in [-0.39, 0.29) is 5.92 Å². The maximum atomic E-state index is 11.0. The van der Waals surface area contributed by atoms with Crippen LogP contribution in [0, 0.1) is 5.92 Å². The first-order valence-electron chi connectivity index (χ1n) is 4.94. The minimum Gasteiger partial charge on any atom is -0.303 e. The van der Waals surface area contributed by atoms with Gasteiger partial charge < -0.3 is 4.79 Å². The molecule has 0 aliphatic heterocycles. The largest absolute Gasteiger partial charge is 0.303 e. The van der Waals surface area contributed by atoms with Crippen molar-refractivity contribution in [3.63, 3.8) is 0 Å². The van der Waals surface area contributed by atoms with Crippen LogP contribution in [0.15, 0.2) is 22.7 Å². The maximum Gasteiger partial charge on any atom is 0.127 e. The van der Waals surface area contributed by atoms with Gasteiger partial charge in [0.05, 0.1) is 0 Å². The molecule has 0 fully saturated rings. The Hall–Kier alpha value is -0.630. The fourth-order valence-electron chi connectivity index (χ4n) is 2.24. The van der Waals surface area contributed by atoms with Crippen molar-refractivity contribution in [2.24, 2.45) is 5.92 Å². The lowest BCUT2D eigenvalue weighted by atomic mass is 9.78. The average Bonchev–Trinajstić information content (AvgIpc) is 2.17. The Balaban J connectivity index is 2.46. The summed E-state index contributed by atoms with van der Waals surface area (Å²) in [5.74, 6) is 0.727. The van der Waals surface area contributed by atoms with Gasteiger partial charge in [-0.05, 0) is 42.0 Å². The number of aldehydes is 1. The first-order chi connectivity index (χ1) is 6.70. The molecule has 0 saturated heterocycles. The van der Waals surface area contributed by atoms with Crippen molar-refractivity contribution < 1.29 is 4.79 Å². The normalized spacial score (nSPS) is 25.6. The van der Waals surface area contributed by atoms with Crippen molar-refractivity contribution in [2.45, 2.75) is 25.7 Å². The number of halogens is 1. The van der Waals surface area contributed by atoms with E-state index in [4.69, 9.17) is 0 Å². The first-order valence-corrected chi connectivity index (χ1v) is 5.73. The van der Waals surface area contributed by atoms with Gasteiger partial charge in [-0.25, -0.2) is 0 Å². The molecule has 0 amide bonds. The summed E-state index contributed by atoms with van der Waals surface area (Å²) in [6.45, 7) is 2.21. The van der Waals surface area contributed by atoms with Gasteiger partial charge in [-0.1, -0.05) is 28.9 Å². The van der Waals surface area contributed by atoms with Gasteiger partial charge in [-0.3, -0.25) is 0 Å². The van der Waals surface area contributed by atoms with Gasteiger partial charge in [0, 0.05) is 10.4 Å². The number of hydrogen-bond acceptors (Lipinski definition) is 1. The first kappa shape index (κ1) is 9.91. The summed E-state index contributed by atoms with van der Waals surface area (Å²) in [4.78, 5) is 11.0. The van der Waals surface area contributed by atoms with Gasteiger partial charge in [0.2, 0.25) is 0 Å². The summed E-state index contributed by atoms with van der Waals surface area (Å²) in [6, 6.07) is 6.27. The lowest BCUT2D eigenvalue weighted by molar-refractivity contribution is -0.109. The summed E-state index contributed by atoms with van der Waals surface area (Å²) in [7, 11) is 0. The average molecular weight is 253 g/mol. The molecular weight excluding hydrogens is 240 g/mol. The summed E-state index contributed by atoms with van der Waals surface area (Å²) in [5, 5.41) is 0. The second kappa shape index (κ2) is 3.85. The molecule has 0 N–H and O–H groups in total. The molecule has 2 heteroatoms. The highest BCUT2D eigenvalue weighted by Gasteiger charge is 2.23. The number of rotatable bonds is 1. The van der Waals surface area contributed by atoms with E-state index in [0.29, 0.717) is 5.92 Å². The summed E-state index contributed by atoms with van der Waals surface area (Å²) in [6.07, 6.45) is 3.18. The van der Waals surface area contributed by atoms with Crippen LogP contribution in [-0.2, 0) is 11.2 Å². The maximum absolute atomic E-state index is 11.0. The molecular formula is C12H13BrO. The van der Waals surface area contributed by atoms with E-state index in [1.807, 2.05) is 0 Å². The number of carbonyl (C=O) groups excluding carboxylic acids is 1. The van der Waals surface area contributed by atoms with Gasteiger partial charge in [0.1, 0.15) is 6.29 Å². The minimum atomic E-state index is 0.103. The second-order valence-electron chi connectivity index (χ2n) is 4.13. The van der Waals surface area contributed by atoms with Gasteiger partial charge in [0.15, 0.2) is 0 Å². The Kier molecular flexibility index (Phi) is 2.73. The molecule has 1 aliphatic carbocycles. The predicted octanol–water partition coefficient (Wildman–Crippen LogP) is 3.31. The van der Waals surface area contributed by atoms with E-state index in [0.717, 1.165) is 23.6 Å². The molecule has 14 heavy (non-hydrogen) atoms. The lowest BCUT2D eigenvalue weighted by Crippen LogP contribution is -2.17. The molecule has 0 radical (unpaired) electrons. The van der Waals surface area contributed by atoms with Crippen molar-refractivity contribution in [1.29, 1.82) is 0 Å². The minimum absolute atomic E-state index is 0.103. The molecule has 0 spiro atoms. The molecule has 0 saturated carbocycles. The van der Waals surface area contributed by atoms with E-state index in [9.17, 15) is 4.79 Å². The monoisotopic (exact) mass is 252 g/mol. The summed E-state index contributed by atoms with van der Waals surface area (Å²) >= 11 is 3.45. The zero-order valence-corrected chi connectivity index (χ0v) is 9.75. The third-order valence-electron chi connectivity index (χ3n) is 2.90. The molecule has 2 rings (SSSR count). The number of carbonyl (C=O) groups is 1. The van der Waals surface area contributed by atoms with Crippen LogP contribution >= 0.6 is 15.9 Å². The van der Waals surface area contributed by atoms with Crippen LogP contribution in [0.25, 0.3) is 0 Å². The van der Waals surface area contributed by atoms with E-state index in [2.05, 4.69) is 41.1 Å². The highest BCUT2D eigenvalue weighted by molar-refractivity contribution is 9.10. The molecule has 0 aromatic heterocycles. The topological polar surface area (TPSA) is 17.1 Å². The molecule has 74 valence electrons. The Morgan fingerprint density at radius 1 is 1.50 bits per heavy atom. The number of benzene rings is 1. The molecule has 1 aromatic carbocycles. The third-order valence-corrected chi connectivity index (χ3v) is 3.39. The lowest BCUT2D eigenvalue weighted by Gasteiger charge is -2.26. The summed E-state index contributed by atoms with van der Waals surface area (Å²) in [5.41, 5.74) is 2.55. The van der Waals surface area contributed by atoms with Crippen molar-refractivity contribution in [2.75, 3.05) is 0 Å². The summed E-state index contributed by atoms with van der Waals surface area (Å²) < 4.78 is 1.07. The van der Waals surface area contributed by atoms with Crippen LogP contribution in [0.4, 0.5) is 0 Å². The predicted molar refractivity (Wildman–Crippen MR) is 60.4 cm³/mol. The Morgan fingerprint density at radius 3 is 3.00 bits per heavy atom. The van der Waals surface area contributed by atoms with Crippen LogP contribution in [-0.4, -0.2) is 6.29 Å². The van der Waals surface area contributed by atoms with Crippen LogP contribution in [0.5, 0.6) is 0 Å². The second-order valence-corrected chi connectivity index (χ2v) is 5.05. The standard InChI is InChI=1S/C12H13BrO/c1-8-4-9-2-3-11(13)6-12(9)10(5-8)7-14/h2-3,6-8,10H,4-5H2,1H3.